The third-order valence-corrected chi connectivity index (χ3v) is 4.43. The second-order valence-electron chi connectivity index (χ2n) is 6.13. The topological polar surface area (TPSA) is 105 Å². The van der Waals surface area contributed by atoms with E-state index in [0.717, 1.165) is 25.7 Å². The molecule has 1 aromatic carbocycles. The third-order valence-electron chi connectivity index (χ3n) is 4.19. The monoisotopic (exact) mass is 368 g/mol. The summed E-state index contributed by atoms with van der Waals surface area (Å²) in [7, 11) is 0. The van der Waals surface area contributed by atoms with Crippen molar-refractivity contribution in [3.63, 3.8) is 0 Å². The highest BCUT2D eigenvalue weighted by molar-refractivity contribution is 6.31. The SMILES string of the molecule is C[C@@H]1CCCC[C@H]1NC(=O)NC(=O)COC(=O)c1cc(Cl)ccc1O. The van der Waals surface area contributed by atoms with E-state index < -0.39 is 24.5 Å². The number of ether oxygens (including phenoxy) is 1. The van der Waals surface area contributed by atoms with Crippen molar-refractivity contribution in [1.82, 2.24) is 10.6 Å². The van der Waals surface area contributed by atoms with Gasteiger partial charge in [0.2, 0.25) is 0 Å². The summed E-state index contributed by atoms with van der Waals surface area (Å²) in [5.74, 6) is -1.61. The summed E-state index contributed by atoms with van der Waals surface area (Å²) in [6, 6.07) is 3.32. The Morgan fingerprint density at radius 3 is 2.72 bits per heavy atom. The molecule has 2 rings (SSSR count). The second-order valence-corrected chi connectivity index (χ2v) is 6.56. The molecule has 0 aromatic heterocycles. The van der Waals surface area contributed by atoms with Gasteiger partial charge < -0.3 is 15.2 Å². The van der Waals surface area contributed by atoms with E-state index in [9.17, 15) is 19.5 Å². The van der Waals surface area contributed by atoms with Crippen LogP contribution in [-0.4, -0.2) is 35.7 Å². The van der Waals surface area contributed by atoms with Crippen molar-refractivity contribution in [2.45, 2.75) is 38.6 Å². The summed E-state index contributed by atoms with van der Waals surface area (Å²) >= 11 is 5.75. The first-order valence-corrected chi connectivity index (χ1v) is 8.50. The highest BCUT2D eigenvalue weighted by Gasteiger charge is 2.23. The molecule has 0 bridgehead atoms. The van der Waals surface area contributed by atoms with E-state index in [-0.39, 0.29) is 22.4 Å². The molecule has 0 aliphatic heterocycles. The summed E-state index contributed by atoms with van der Waals surface area (Å²) in [6.45, 7) is 1.42. The molecule has 3 amide bonds. The molecule has 1 fully saturated rings. The number of aromatic hydroxyl groups is 1. The number of rotatable bonds is 4. The fraction of sp³-hybridized carbons (Fsp3) is 0.471. The number of benzene rings is 1. The Morgan fingerprint density at radius 2 is 2.00 bits per heavy atom. The van der Waals surface area contributed by atoms with Crippen LogP contribution < -0.4 is 10.6 Å². The summed E-state index contributed by atoms with van der Waals surface area (Å²) < 4.78 is 4.79. The minimum absolute atomic E-state index is 0.0347. The van der Waals surface area contributed by atoms with Crippen LogP contribution in [-0.2, 0) is 9.53 Å². The van der Waals surface area contributed by atoms with Crippen molar-refractivity contribution in [3.05, 3.63) is 28.8 Å². The van der Waals surface area contributed by atoms with Crippen molar-refractivity contribution >= 4 is 29.5 Å². The van der Waals surface area contributed by atoms with Gasteiger partial charge >= 0.3 is 12.0 Å². The zero-order valence-electron chi connectivity index (χ0n) is 13.9. The molecule has 2 atom stereocenters. The van der Waals surface area contributed by atoms with E-state index in [4.69, 9.17) is 16.3 Å². The maximum Gasteiger partial charge on any atom is 0.342 e. The minimum Gasteiger partial charge on any atom is -0.507 e. The number of imide groups is 1. The standard InChI is InChI=1S/C17H21ClN2O5/c1-10-4-2-3-5-13(10)19-17(24)20-15(22)9-25-16(23)12-8-11(18)6-7-14(12)21/h6-8,10,13,21H,2-5,9H2,1H3,(H2,19,20,22,24)/t10-,13-/m1/s1. The predicted octanol–water partition coefficient (Wildman–Crippen LogP) is 2.61. The van der Waals surface area contributed by atoms with Crippen molar-refractivity contribution in [3.8, 4) is 5.75 Å². The Hall–Kier alpha value is -2.28. The first-order valence-electron chi connectivity index (χ1n) is 8.13. The molecule has 1 aliphatic carbocycles. The van der Waals surface area contributed by atoms with Crippen LogP contribution in [0.1, 0.15) is 43.0 Å². The van der Waals surface area contributed by atoms with Crippen LogP contribution in [0.4, 0.5) is 4.79 Å². The molecule has 0 heterocycles. The second kappa shape index (κ2) is 8.71. The lowest BCUT2D eigenvalue weighted by molar-refractivity contribution is -0.123. The largest absolute Gasteiger partial charge is 0.507 e. The quantitative estimate of drug-likeness (QED) is 0.708. The Labute approximate surface area is 150 Å². The number of hydrogen-bond acceptors (Lipinski definition) is 5. The summed E-state index contributed by atoms with van der Waals surface area (Å²) in [5.41, 5.74) is -0.152. The summed E-state index contributed by atoms with van der Waals surface area (Å²) in [5, 5.41) is 14.7. The molecule has 0 unspecified atom stereocenters. The molecule has 3 N–H and O–H groups in total. The first-order chi connectivity index (χ1) is 11.9. The highest BCUT2D eigenvalue weighted by atomic mass is 35.5. The Kier molecular flexibility index (Phi) is 6.64. The molecule has 25 heavy (non-hydrogen) atoms. The van der Waals surface area contributed by atoms with E-state index in [1.165, 1.54) is 18.2 Å². The number of carbonyl (C=O) groups is 3. The lowest BCUT2D eigenvalue weighted by Gasteiger charge is -2.29. The lowest BCUT2D eigenvalue weighted by atomic mass is 9.86. The molecule has 0 spiro atoms. The van der Waals surface area contributed by atoms with E-state index in [0.29, 0.717) is 5.92 Å². The van der Waals surface area contributed by atoms with Crippen molar-refractivity contribution in [1.29, 1.82) is 0 Å². The molecule has 1 saturated carbocycles. The zero-order valence-corrected chi connectivity index (χ0v) is 14.6. The van der Waals surface area contributed by atoms with E-state index in [1.807, 2.05) is 0 Å². The molecule has 1 aromatic rings. The highest BCUT2D eigenvalue weighted by Crippen LogP contribution is 2.23. The van der Waals surface area contributed by atoms with Crippen LogP contribution in [0.15, 0.2) is 18.2 Å². The van der Waals surface area contributed by atoms with Gasteiger partial charge in [0.05, 0.1) is 0 Å². The van der Waals surface area contributed by atoms with E-state index in [2.05, 4.69) is 17.6 Å². The van der Waals surface area contributed by atoms with Crippen LogP contribution in [0, 0.1) is 5.92 Å². The lowest BCUT2D eigenvalue weighted by Crippen LogP contribution is -2.48. The van der Waals surface area contributed by atoms with Crippen molar-refractivity contribution in [2.75, 3.05) is 6.61 Å². The van der Waals surface area contributed by atoms with Gasteiger partial charge in [0.25, 0.3) is 5.91 Å². The van der Waals surface area contributed by atoms with Crippen LogP contribution in [0.2, 0.25) is 5.02 Å². The summed E-state index contributed by atoms with van der Waals surface area (Å²) in [4.78, 5) is 35.4. The van der Waals surface area contributed by atoms with E-state index >= 15 is 0 Å². The molecule has 8 heteroatoms. The van der Waals surface area contributed by atoms with Gasteiger partial charge in [-0.15, -0.1) is 0 Å². The van der Waals surface area contributed by atoms with Crippen LogP contribution >= 0.6 is 11.6 Å². The molecular weight excluding hydrogens is 348 g/mol. The maximum atomic E-state index is 11.8. The summed E-state index contributed by atoms with van der Waals surface area (Å²) in [6.07, 6.45) is 4.11. The minimum atomic E-state index is -0.906. The number of carbonyl (C=O) groups excluding carboxylic acids is 3. The van der Waals surface area contributed by atoms with Gasteiger partial charge in [-0.25, -0.2) is 9.59 Å². The molecular formula is C17H21ClN2O5. The number of halogens is 1. The Bertz CT molecular complexity index is 664. The van der Waals surface area contributed by atoms with Crippen LogP contribution in [0.3, 0.4) is 0 Å². The fourth-order valence-electron chi connectivity index (χ4n) is 2.78. The van der Waals surface area contributed by atoms with Crippen LogP contribution in [0.25, 0.3) is 0 Å². The molecule has 0 saturated heterocycles. The van der Waals surface area contributed by atoms with Gasteiger partial charge in [0, 0.05) is 11.1 Å². The first kappa shape index (κ1) is 19.1. The molecule has 1 aliphatic rings. The van der Waals surface area contributed by atoms with Gasteiger partial charge in [-0.1, -0.05) is 31.4 Å². The van der Waals surface area contributed by atoms with Crippen LogP contribution in [0.5, 0.6) is 5.75 Å². The van der Waals surface area contributed by atoms with Crippen molar-refractivity contribution in [2.24, 2.45) is 5.92 Å². The number of esters is 1. The van der Waals surface area contributed by atoms with Gasteiger partial charge in [-0.05, 0) is 37.0 Å². The predicted molar refractivity (Wildman–Crippen MR) is 91.5 cm³/mol. The molecule has 7 nitrogen and oxygen atoms in total. The molecule has 0 radical (unpaired) electrons. The van der Waals surface area contributed by atoms with Gasteiger partial charge in [-0.2, -0.15) is 0 Å². The van der Waals surface area contributed by atoms with E-state index in [1.54, 1.807) is 0 Å². The Morgan fingerprint density at radius 1 is 1.28 bits per heavy atom. The Balaban J connectivity index is 1.79. The average Bonchev–Trinajstić information content (AvgIpc) is 2.57. The normalized spacial score (nSPS) is 19.8. The smallest absolute Gasteiger partial charge is 0.342 e. The number of hydrogen-bond donors (Lipinski definition) is 3. The number of amides is 3. The third kappa shape index (κ3) is 5.63. The van der Waals surface area contributed by atoms with Crippen molar-refractivity contribution < 1.29 is 24.2 Å². The number of urea groups is 1. The van der Waals surface area contributed by atoms with Gasteiger partial charge in [0.1, 0.15) is 11.3 Å². The molecule has 136 valence electrons. The maximum absolute atomic E-state index is 11.8. The number of phenols is 1. The van der Waals surface area contributed by atoms with Gasteiger partial charge in [0.15, 0.2) is 6.61 Å². The van der Waals surface area contributed by atoms with Gasteiger partial charge in [-0.3, -0.25) is 10.1 Å². The fourth-order valence-corrected chi connectivity index (χ4v) is 2.95. The average molecular weight is 369 g/mol. The number of phenolic OH excluding ortho intramolecular Hbond substituents is 1. The zero-order chi connectivity index (χ0) is 18.4. The number of nitrogens with one attached hydrogen (secondary N) is 2.